The second kappa shape index (κ2) is 16.2. The zero-order valence-electron chi connectivity index (χ0n) is 29.2. The number of carbonyl (C=O) groups is 5. The molecule has 278 valence electrons. The van der Waals surface area contributed by atoms with Gasteiger partial charge in [-0.1, -0.05) is 30.3 Å². The number of aryl methyl sites for hydroxylation is 1. The van der Waals surface area contributed by atoms with Gasteiger partial charge in [-0.3, -0.25) is 19.2 Å². The van der Waals surface area contributed by atoms with Crippen LogP contribution in [0.1, 0.15) is 53.6 Å². The van der Waals surface area contributed by atoms with Crippen molar-refractivity contribution >= 4 is 46.4 Å². The highest BCUT2D eigenvalue weighted by Gasteiger charge is 2.33. The first kappa shape index (κ1) is 36.8. The van der Waals surface area contributed by atoms with Crippen LogP contribution in [0, 0.1) is 18.8 Å². The maximum Gasteiger partial charge on any atom is 0.404 e. The van der Waals surface area contributed by atoms with Crippen molar-refractivity contribution in [3.05, 3.63) is 87.8 Å². The van der Waals surface area contributed by atoms with E-state index in [2.05, 4.69) is 36.6 Å². The fourth-order valence-corrected chi connectivity index (χ4v) is 7.12. The molecule has 15 heteroatoms. The molecule has 4 aromatic rings. The third kappa shape index (κ3) is 9.10. The van der Waals surface area contributed by atoms with E-state index in [1.54, 1.807) is 30.3 Å². The van der Waals surface area contributed by atoms with Gasteiger partial charge in [0.2, 0.25) is 17.7 Å². The minimum absolute atomic E-state index is 0.153. The summed E-state index contributed by atoms with van der Waals surface area (Å²) >= 11 is 0. The second-order valence-electron chi connectivity index (χ2n) is 13.9. The Kier molecular flexibility index (Phi) is 11.2. The second-order valence-corrected chi connectivity index (χ2v) is 13.9. The molecule has 0 spiro atoms. The van der Waals surface area contributed by atoms with Crippen LogP contribution in [-0.4, -0.2) is 81.2 Å². The lowest BCUT2D eigenvalue weighted by atomic mass is 9.81. The number of aromatic amines is 2. The predicted octanol–water partition coefficient (Wildman–Crippen LogP) is 2.55. The molecule has 0 radical (unpaired) electrons. The van der Waals surface area contributed by atoms with E-state index in [0.29, 0.717) is 60.9 Å². The minimum Gasteiger partial charge on any atom is -0.465 e. The van der Waals surface area contributed by atoms with Crippen molar-refractivity contribution in [2.45, 2.75) is 63.6 Å². The molecule has 2 heterocycles. The van der Waals surface area contributed by atoms with Crippen LogP contribution < -0.4 is 32.3 Å². The molecule has 1 saturated carbocycles. The number of aliphatic hydroxyl groups is 1. The molecule has 2 aliphatic rings. The van der Waals surface area contributed by atoms with E-state index in [9.17, 15) is 33.9 Å². The first-order valence-corrected chi connectivity index (χ1v) is 17.7. The number of anilines is 1. The Bertz CT molecular complexity index is 2070. The van der Waals surface area contributed by atoms with E-state index in [4.69, 9.17) is 5.11 Å². The van der Waals surface area contributed by atoms with Gasteiger partial charge in [-0.05, 0) is 97.5 Å². The van der Waals surface area contributed by atoms with E-state index in [1.807, 2.05) is 37.3 Å². The van der Waals surface area contributed by atoms with Gasteiger partial charge in [0.25, 0.3) is 5.91 Å². The van der Waals surface area contributed by atoms with E-state index in [1.165, 1.54) is 0 Å². The molecule has 1 aliphatic carbocycles. The summed E-state index contributed by atoms with van der Waals surface area (Å²) in [6.45, 7) is 2.03. The van der Waals surface area contributed by atoms with Gasteiger partial charge in [-0.25, -0.2) is 9.59 Å². The molecule has 1 aliphatic heterocycles. The van der Waals surface area contributed by atoms with Crippen LogP contribution in [0.5, 0.6) is 0 Å². The summed E-state index contributed by atoms with van der Waals surface area (Å²) in [5, 5.41) is 31.9. The molecule has 15 nitrogen and oxygen atoms in total. The standard InChI is InChI=1S/C38H43N7O8/c1-20-14-25(34(48)43-32-17-27(19-46)41-36(32)50)10-12-28(20)23-6-2-21(3-7-23)15-31(35(49)40-26-11-13-29-30(16-26)45-37(51)44-29)42-33(47)24-8-4-22(5-9-24)18-39-38(52)53/h2-3,6-7,10-14,16,22,24,27,31-32,39,46H,4-5,8-9,15,17-19H2,1H3,(H,40,49)(H,41,50)(H,42,47)(H,43,48)(H,52,53)(H2,44,45,51)/t22?,24?,27-,31-,32+/m0/s1. The highest BCUT2D eigenvalue weighted by Crippen LogP contribution is 2.29. The van der Waals surface area contributed by atoms with Crippen molar-refractivity contribution in [1.29, 1.82) is 0 Å². The molecule has 3 atom stereocenters. The molecule has 2 fully saturated rings. The summed E-state index contributed by atoms with van der Waals surface area (Å²) in [7, 11) is 0. The van der Waals surface area contributed by atoms with Crippen LogP contribution >= 0.6 is 0 Å². The molecular weight excluding hydrogens is 682 g/mol. The normalized spacial score (nSPS) is 20.3. The number of imidazole rings is 1. The molecule has 53 heavy (non-hydrogen) atoms. The monoisotopic (exact) mass is 725 g/mol. The molecule has 0 unspecified atom stereocenters. The van der Waals surface area contributed by atoms with Gasteiger partial charge in [0.1, 0.15) is 12.1 Å². The van der Waals surface area contributed by atoms with Gasteiger partial charge in [0.05, 0.1) is 23.7 Å². The van der Waals surface area contributed by atoms with Crippen LogP contribution in [0.3, 0.4) is 0 Å². The van der Waals surface area contributed by atoms with Crippen molar-refractivity contribution in [3.63, 3.8) is 0 Å². The number of hydrogen-bond acceptors (Lipinski definition) is 7. The molecule has 5 amide bonds. The summed E-state index contributed by atoms with van der Waals surface area (Å²) in [5.74, 6) is -1.53. The van der Waals surface area contributed by atoms with Gasteiger partial charge in [0, 0.05) is 30.1 Å². The molecule has 1 saturated heterocycles. The Balaban J connectivity index is 1.14. The fraction of sp³-hybridized carbons (Fsp3) is 0.368. The van der Waals surface area contributed by atoms with E-state index in [-0.39, 0.29) is 54.3 Å². The Labute approximate surface area is 304 Å². The Hall–Kier alpha value is -5.96. The first-order valence-electron chi connectivity index (χ1n) is 17.7. The van der Waals surface area contributed by atoms with Gasteiger partial charge in [0.15, 0.2) is 0 Å². The third-order valence-electron chi connectivity index (χ3n) is 10.1. The number of amides is 5. The number of benzene rings is 3. The zero-order valence-corrected chi connectivity index (χ0v) is 29.2. The summed E-state index contributed by atoms with van der Waals surface area (Å²) in [5.41, 5.74) is 5.02. The Morgan fingerprint density at radius 2 is 1.64 bits per heavy atom. The number of carbonyl (C=O) groups excluding carboxylic acids is 4. The van der Waals surface area contributed by atoms with Gasteiger partial charge < -0.3 is 46.8 Å². The number of hydrogen-bond donors (Lipinski definition) is 9. The van der Waals surface area contributed by atoms with Gasteiger partial charge in [-0.15, -0.1) is 0 Å². The third-order valence-corrected chi connectivity index (χ3v) is 10.1. The van der Waals surface area contributed by atoms with Crippen molar-refractivity contribution < 1.29 is 34.2 Å². The summed E-state index contributed by atoms with van der Waals surface area (Å²) < 4.78 is 0. The van der Waals surface area contributed by atoms with Crippen LogP contribution in [0.25, 0.3) is 22.2 Å². The average Bonchev–Trinajstić information content (AvgIpc) is 3.70. The Morgan fingerprint density at radius 3 is 2.32 bits per heavy atom. The quantitative estimate of drug-likeness (QED) is 0.105. The van der Waals surface area contributed by atoms with Crippen molar-refractivity contribution in [3.8, 4) is 11.1 Å². The predicted molar refractivity (Wildman–Crippen MR) is 196 cm³/mol. The fourth-order valence-electron chi connectivity index (χ4n) is 7.12. The van der Waals surface area contributed by atoms with E-state index >= 15 is 0 Å². The molecule has 3 aromatic carbocycles. The largest absolute Gasteiger partial charge is 0.465 e. The number of aromatic nitrogens is 2. The summed E-state index contributed by atoms with van der Waals surface area (Å²) in [4.78, 5) is 80.2. The van der Waals surface area contributed by atoms with Crippen molar-refractivity contribution in [2.75, 3.05) is 18.5 Å². The average molecular weight is 726 g/mol. The summed E-state index contributed by atoms with van der Waals surface area (Å²) in [6.07, 6.45) is 1.99. The lowest BCUT2D eigenvalue weighted by Crippen LogP contribution is -2.48. The maximum absolute atomic E-state index is 13.7. The number of fused-ring (bicyclic) bond motifs is 1. The van der Waals surface area contributed by atoms with E-state index in [0.717, 1.165) is 22.3 Å². The molecule has 1 aromatic heterocycles. The molecule has 0 bridgehead atoms. The zero-order chi connectivity index (χ0) is 37.6. The minimum atomic E-state index is -1.07. The SMILES string of the molecule is Cc1cc(C(=O)N[C@@H]2C[C@@H](CO)NC2=O)ccc1-c1ccc(C[C@H](NC(=O)C2CCC(CNC(=O)O)CC2)C(=O)Nc2ccc3[nH]c(=O)[nH]c3c2)cc1. The van der Waals surface area contributed by atoms with Crippen molar-refractivity contribution in [1.82, 2.24) is 31.2 Å². The van der Waals surface area contributed by atoms with Crippen LogP contribution in [-0.2, 0) is 20.8 Å². The van der Waals surface area contributed by atoms with Crippen molar-refractivity contribution in [2.24, 2.45) is 11.8 Å². The molecule has 6 rings (SSSR count). The molecule has 9 N–H and O–H groups in total. The molecular formula is C38H43N7O8. The van der Waals surface area contributed by atoms with Gasteiger partial charge in [-0.2, -0.15) is 0 Å². The number of carboxylic acid groups (broad SMARTS) is 1. The van der Waals surface area contributed by atoms with Gasteiger partial charge >= 0.3 is 11.8 Å². The highest BCUT2D eigenvalue weighted by atomic mass is 16.4. The number of aliphatic hydroxyl groups excluding tert-OH is 1. The number of nitrogens with one attached hydrogen (secondary N) is 7. The van der Waals surface area contributed by atoms with Crippen LogP contribution in [0.4, 0.5) is 10.5 Å². The van der Waals surface area contributed by atoms with Crippen LogP contribution in [0.2, 0.25) is 0 Å². The van der Waals surface area contributed by atoms with E-state index < -0.39 is 24.1 Å². The topological polar surface area (TPSA) is 235 Å². The number of rotatable bonds is 12. The first-order chi connectivity index (χ1) is 25.4. The highest BCUT2D eigenvalue weighted by molar-refractivity contribution is 6.00. The maximum atomic E-state index is 13.7. The lowest BCUT2D eigenvalue weighted by molar-refractivity contribution is -0.130. The lowest BCUT2D eigenvalue weighted by Gasteiger charge is -2.29. The smallest absolute Gasteiger partial charge is 0.404 e. The summed E-state index contributed by atoms with van der Waals surface area (Å²) in [6, 6.07) is 15.8. The Morgan fingerprint density at radius 1 is 0.906 bits per heavy atom. The number of H-pyrrole nitrogens is 2. The van der Waals surface area contributed by atoms with Crippen LogP contribution in [0.15, 0.2) is 65.5 Å².